The van der Waals surface area contributed by atoms with Crippen molar-refractivity contribution >= 4 is 16.6 Å². The minimum absolute atomic E-state index is 0.00390. The molecule has 0 heterocycles. The van der Waals surface area contributed by atoms with E-state index in [9.17, 15) is 10.2 Å². The number of methoxy groups -OCH3 is 1. The molecule has 2 aliphatic rings. The molecule has 3 atom stereocenters. The van der Waals surface area contributed by atoms with Gasteiger partial charge in [-0.1, -0.05) is 45.7 Å². The van der Waals surface area contributed by atoms with Crippen molar-refractivity contribution in [1.29, 1.82) is 0 Å². The summed E-state index contributed by atoms with van der Waals surface area (Å²) < 4.78 is 5.20. The van der Waals surface area contributed by atoms with Crippen LogP contribution in [0.25, 0.3) is 5.03 Å². The molecule has 2 N–H and O–H groups in total. The van der Waals surface area contributed by atoms with E-state index in [1.165, 1.54) is 38.0 Å². The van der Waals surface area contributed by atoms with Gasteiger partial charge in [0.15, 0.2) is 11.5 Å². The number of phenols is 2. The second-order valence-electron chi connectivity index (χ2n) is 9.06. The molecule has 3 rings (SSSR count). The van der Waals surface area contributed by atoms with Crippen molar-refractivity contribution in [1.82, 2.24) is 0 Å². The number of phenolic OH excluding ortho intramolecular Hbond substituents is 2. The fourth-order valence-corrected chi connectivity index (χ4v) is 6.35. The quantitative estimate of drug-likeness (QED) is 0.592. The van der Waals surface area contributed by atoms with E-state index in [-0.39, 0.29) is 28.1 Å². The Hall–Kier alpha value is -1.35. The van der Waals surface area contributed by atoms with Gasteiger partial charge in [-0.15, -0.1) is 0 Å². The number of aromatic hydroxyl groups is 2. The Balaban J connectivity index is 2.20. The third kappa shape index (κ3) is 2.98. The van der Waals surface area contributed by atoms with Gasteiger partial charge in [-0.05, 0) is 60.0 Å². The first-order valence-corrected chi connectivity index (χ1v) is 10.00. The molecule has 2 saturated carbocycles. The minimum Gasteiger partial charge on any atom is -0.508 e. The molecular formula is C22H31ClO3. The molecular weight excluding hydrogens is 348 g/mol. The molecule has 4 heteroatoms. The topological polar surface area (TPSA) is 49.7 Å². The Morgan fingerprint density at radius 2 is 1.85 bits per heavy atom. The van der Waals surface area contributed by atoms with Crippen LogP contribution in [0.2, 0.25) is 0 Å². The lowest BCUT2D eigenvalue weighted by Gasteiger charge is -2.56. The second kappa shape index (κ2) is 6.67. The summed E-state index contributed by atoms with van der Waals surface area (Å²) in [6.45, 7) is 9.35. The highest BCUT2D eigenvalue weighted by Crippen LogP contribution is 2.63. The zero-order chi connectivity index (χ0) is 19.3. The SMILES string of the molecule is COc1cc(O)cc(/C(Cl)=C2/[C@@H](C)CC[C@H]3C(C)(C)CCC[C@]23C)c1O. The average Bonchev–Trinajstić information content (AvgIpc) is 2.55. The fourth-order valence-electron chi connectivity index (χ4n) is 5.81. The Bertz CT molecular complexity index is 737. The van der Waals surface area contributed by atoms with Crippen LogP contribution in [0.3, 0.4) is 0 Å². The van der Waals surface area contributed by atoms with E-state index in [0.29, 0.717) is 22.4 Å². The van der Waals surface area contributed by atoms with Crippen molar-refractivity contribution in [3.8, 4) is 17.2 Å². The summed E-state index contributed by atoms with van der Waals surface area (Å²) in [5.74, 6) is 1.21. The molecule has 0 spiro atoms. The molecule has 0 amide bonds. The predicted molar refractivity (Wildman–Crippen MR) is 107 cm³/mol. The zero-order valence-corrected chi connectivity index (χ0v) is 17.3. The van der Waals surface area contributed by atoms with Crippen LogP contribution in [-0.2, 0) is 0 Å². The average molecular weight is 379 g/mol. The summed E-state index contributed by atoms with van der Waals surface area (Å²) in [7, 11) is 1.48. The predicted octanol–water partition coefficient (Wildman–Crippen LogP) is 6.32. The number of fused-ring (bicyclic) bond motifs is 1. The van der Waals surface area contributed by atoms with E-state index in [0.717, 1.165) is 12.8 Å². The van der Waals surface area contributed by atoms with E-state index in [4.69, 9.17) is 16.3 Å². The number of hydrogen-bond acceptors (Lipinski definition) is 3. The third-order valence-corrected chi connectivity index (χ3v) is 7.39. The zero-order valence-electron chi connectivity index (χ0n) is 16.5. The van der Waals surface area contributed by atoms with E-state index in [1.807, 2.05) is 0 Å². The number of halogens is 1. The van der Waals surface area contributed by atoms with Crippen molar-refractivity contribution < 1.29 is 14.9 Å². The smallest absolute Gasteiger partial charge is 0.166 e. The van der Waals surface area contributed by atoms with E-state index in [1.54, 1.807) is 6.07 Å². The Morgan fingerprint density at radius 3 is 2.50 bits per heavy atom. The normalized spacial score (nSPS) is 32.7. The molecule has 0 radical (unpaired) electrons. The van der Waals surface area contributed by atoms with Gasteiger partial charge in [0, 0.05) is 11.6 Å². The van der Waals surface area contributed by atoms with Crippen molar-refractivity contribution in [3.63, 3.8) is 0 Å². The fraction of sp³-hybridized carbons (Fsp3) is 0.636. The highest BCUT2D eigenvalue weighted by atomic mass is 35.5. The number of hydrogen-bond donors (Lipinski definition) is 2. The molecule has 0 bridgehead atoms. The van der Waals surface area contributed by atoms with Gasteiger partial charge in [-0.25, -0.2) is 0 Å². The van der Waals surface area contributed by atoms with Crippen molar-refractivity contribution in [2.75, 3.05) is 7.11 Å². The molecule has 3 nitrogen and oxygen atoms in total. The summed E-state index contributed by atoms with van der Waals surface area (Å²) >= 11 is 6.94. The van der Waals surface area contributed by atoms with E-state index < -0.39 is 0 Å². The summed E-state index contributed by atoms with van der Waals surface area (Å²) in [4.78, 5) is 0. The molecule has 0 unspecified atom stereocenters. The van der Waals surface area contributed by atoms with Gasteiger partial charge in [-0.2, -0.15) is 0 Å². The maximum Gasteiger partial charge on any atom is 0.166 e. The number of ether oxygens (including phenoxy) is 1. The first kappa shape index (κ1) is 19.4. The van der Waals surface area contributed by atoms with Crippen LogP contribution < -0.4 is 4.74 Å². The Labute approximate surface area is 162 Å². The first-order chi connectivity index (χ1) is 12.1. The highest BCUT2D eigenvalue weighted by Gasteiger charge is 2.52. The number of allylic oxidation sites excluding steroid dienone is 1. The van der Waals surface area contributed by atoms with Crippen LogP contribution in [0, 0.1) is 22.7 Å². The molecule has 0 saturated heterocycles. The van der Waals surface area contributed by atoms with Crippen LogP contribution in [-0.4, -0.2) is 17.3 Å². The van der Waals surface area contributed by atoms with Crippen LogP contribution in [0.4, 0.5) is 0 Å². The van der Waals surface area contributed by atoms with Gasteiger partial charge in [0.1, 0.15) is 5.75 Å². The highest BCUT2D eigenvalue weighted by molar-refractivity contribution is 6.49. The molecule has 26 heavy (non-hydrogen) atoms. The lowest BCUT2D eigenvalue weighted by molar-refractivity contribution is -0.00552. The molecule has 2 fully saturated rings. The standard InChI is InChI=1S/C22H31ClO3/c1-13-7-8-17-21(2,3)9-6-10-22(17,4)18(13)19(23)15-11-14(24)12-16(26-5)20(15)25/h11-13,17,24-25H,6-10H2,1-5H3/b19-18+/t13-,17-,22-/m0/s1. The van der Waals surface area contributed by atoms with Crippen molar-refractivity contribution in [2.24, 2.45) is 22.7 Å². The largest absolute Gasteiger partial charge is 0.508 e. The first-order valence-electron chi connectivity index (χ1n) is 9.62. The monoisotopic (exact) mass is 378 g/mol. The number of benzene rings is 1. The van der Waals surface area contributed by atoms with Crippen LogP contribution in [0.15, 0.2) is 17.7 Å². The van der Waals surface area contributed by atoms with Gasteiger partial charge in [0.2, 0.25) is 0 Å². The minimum atomic E-state index is -0.00390. The van der Waals surface area contributed by atoms with Gasteiger partial charge in [0.25, 0.3) is 0 Å². The lowest BCUT2D eigenvalue weighted by Crippen LogP contribution is -2.47. The number of rotatable bonds is 2. The van der Waals surface area contributed by atoms with Gasteiger partial charge < -0.3 is 14.9 Å². The molecule has 0 aromatic heterocycles. The maximum absolute atomic E-state index is 10.6. The Kier molecular flexibility index (Phi) is 4.98. The van der Waals surface area contributed by atoms with Gasteiger partial charge in [0.05, 0.1) is 12.1 Å². The van der Waals surface area contributed by atoms with Crippen LogP contribution >= 0.6 is 11.6 Å². The lowest BCUT2D eigenvalue weighted by atomic mass is 9.48. The van der Waals surface area contributed by atoms with E-state index >= 15 is 0 Å². The van der Waals surface area contributed by atoms with Crippen LogP contribution in [0.5, 0.6) is 17.2 Å². The van der Waals surface area contributed by atoms with Crippen molar-refractivity contribution in [2.45, 2.75) is 59.8 Å². The van der Waals surface area contributed by atoms with E-state index in [2.05, 4.69) is 27.7 Å². The Morgan fingerprint density at radius 1 is 1.15 bits per heavy atom. The summed E-state index contributed by atoms with van der Waals surface area (Å²) in [6, 6.07) is 2.95. The molecule has 144 valence electrons. The molecule has 2 aliphatic carbocycles. The van der Waals surface area contributed by atoms with Crippen molar-refractivity contribution in [3.05, 3.63) is 23.3 Å². The molecule has 1 aromatic rings. The van der Waals surface area contributed by atoms with Gasteiger partial charge in [-0.3, -0.25) is 0 Å². The molecule has 0 aliphatic heterocycles. The maximum atomic E-state index is 10.6. The molecule has 1 aromatic carbocycles. The summed E-state index contributed by atoms with van der Waals surface area (Å²) in [5.41, 5.74) is 2.00. The second-order valence-corrected chi connectivity index (χ2v) is 9.44. The summed E-state index contributed by atoms with van der Waals surface area (Å²) in [5, 5.41) is 21.3. The van der Waals surface area contributed by atoms with Gasteiger partial charge >= 0.3 is 0 Å². The summed E-state index contributed by atoms with van der Waals surface area (Å²) in [6.07, 6.45) is 5.88. The third-order valence-electron chi connectivity index (χ3n) is 6.98. The van der Waals surface area contributed by atoms with Crippen LogP contribution in [0.1, 0.15) is 65.4 Å².